The lowest BCUT2D eigenvalue weighted by molar-refractivity contribution is -0.134. The van der Waals surface area contributed by atoms with Crippen LogP contribution in [0.5, 0.6) is 0 Å². The van der Waals surface area contributed by atoms with Crippen molar-refractivity contribution in [3.05, 3.63) is 83.4 Å². The highest BCUT2D eigenvalue weighted by Gasteiger charge is 2.31. The van der Waals surface area contributed by atoms with Gasteiger partial charge >= 0.3 is 0 Å². The predicted molar refractivity (Wildman–Crippen MR) is 172 cm³/mol. The smallest absolute Gasteiger partial charge is 0.226 e. The molecule has 40 heavy (non-hydrogen) atoms. The van der Waals surface area contributed by atoms with Gasteiger partial charge in [0, 0.05) is 48.4 Å². The summed E-state index contributed by atoms with van der Waals surface area (Å²) in [5.74, 6) is 1.48. The number of rotatable bonds is 13. The summed E-state index contributed by atoms with van der Waals surface area (Å²) in [4.78, 5) is 31.0. The third kappa shape index (κ3) is 10.5. The highest BCUT2D eigenvalue weighted by molar-refractivity contribution is 9.10. The molecular formula is C34H50BrN3O2. The van der Waals surface area contributed by atoms with Crippen LogP contribution in [0, 0.1) is 17.8 Å². The summed E-state index contributed by atoms with van der Waals surface area (Å²) in [7, 11) is 2.11. The Labute approximate surface area is 251 Å². The van der Waals surface area contributed by atoms with Gasteiger partial charge in [0.15, 0.2) is 0 Å². The van der Waals surface area contributed by atoms with Crippen LogP contribution in [-0.2, 0) is 16.1 Å². The average Bonchev–Trinajstić information content (AvgIpc) is 3.59. The third-order valence-corrected chi connectivity index (χ3v) is 8.70. The summed E-state index contributed by atoms with van der Waals surface area (Å²) >= 11 is 3.44. The summed E-state index contributed by atoms with van der Waals surface area (Å²) in [6.07, 6.45) is 14.5. The first kappa shape index (κ1) is 33.8. The maximum atomic E-state index is 12.4. The first-order chi connectivity index (χ1) is 19.3. The van der Waals surface area contributed by atoms with E-state index in [0.29, 0.717) is 17.7 Å². The number of amides is 2. The number of allylic oxidation sites excluding steroid dienone is 5. The second-order valence-electron chi connectivity index (χ2n) is 10.8. The van der Waals surface area contributed by atoms with Crippen molar-refractivity contribution in [2.24, 2.45) is 17.8 Å². The van der Waals surface area contributed by atoms with E-state index < -0.39 is 0 Å². The van der Waals surface area contributed by atoms with Gasteiger partial charge < -0.3 is 14.7 Å². The third-order valence-electron chi connectivity index (χ3n) is 8.17. The summed E-state index contributed by atoms with van der Waals surface area (Å²) in [6.45, 7) is 19.3. The van der Waals surface area contributed by atoms with E-state index in [1.165, 1.54) is 11.1 Å². The number of halogens is 1. The summed E-state index contributed by atoms with van der Waals surface area (Å²) < 4.78 is 1.08. The number of hydrogen-bond donors (Lipinski definition) is 0. The van der Waals surface area contributed by atoms with Crippen LogP contribution in [0.25, 0.3) is 0 Å². The molecule has 1 aromatic rings. The molecule has 2 unspecified atom stereocenters. The van der Waals surface area contributed by atoms with Crippen molar-refractivity contribution in [1.29, 1.82) is 0 Å². The minimum atomic E-state index is 0.186. The molecule has 2 saturated heterocycles. The van der Waals surface area contributed by atoms with Crippen LogP contribution in [0.3, 0.4) is 0 Å². The molecule has 0 N–H and O–H groups in total. The molecule has 2 heterocycles. The molecule has 220 valence electrons. The van der Waals surface area contributed by atoms with Crippen molar-refractivity contribution >= 4 is 27.7 Å². The predicted octanol–water partition coefficient (Wildman–Crippen LogP) is 7.27. The highest BCUT2D eigenvalue weighted by atomic mass is 79.9. The summed E-state index contributed by atoms with van der Waals surface area (Å²) in [6, 6.07) is 8.22. The largest absolute Gasteiger partial charge is 0.342 e. The second kappa shape index (κ2) is 18.1. The topological polar surface area (TPSA) is 43.9 Å². The van der Waals surface area contributed by atoms with E-state index in [1.54, 1.807) is 6.08 Å². The Kier molecular flexibility index (Phi) is 15.3. The molecule has 2 aliphatic rings. The van der Waals surface area contributed by atoms with Crippen LogP contribution in [0.15, 0.2) is 77.8 Å². The van der Waals surface area contributed by atoms with Gasteiger partial charge in [0.25, 0.3) is 0 Å². The Hall–Kier alpha value is -2.44. The van der Waals surface area contributed by atoms with Crippen LogP contribution in [0.4, 0.5) is 0 Å². The van der Waals surface area contributed by atoms with E-state index in [9.17, 15) is 9.59 Å². The van der Waals surface area contributed by atoms with Crippen LogP contribution < -0.4 is 0 Å². The van der Waals surface area contributed by atoms with Gasteiger partial charge in [-0.25, -0.2) is 0 Å². The molecule has 5 nitrogen and oxygen atoms in total. The minimum Gasteiger partial charge on any atom is -0.342 e. The number of benzene rings is 1. The molecule has 2 atom stereocenters. The molecule has 6 heteroatoms. The maximum absolute atomic E-state index is 12.4. The molecular weight excluding hydrogens is 562 g/mol. The van der Waals surface area contributed by atoms with Gasteiger partial charge in [-0.05, 0) is 75.5 Å². The Bertz CT molecular complexity index is 1010. The van der Waals surface area contributed by atoms with Gasteiger partial charge in [-0.15, -0.1) is 0 Å². The zero-order chi connectivity index (χ0) is 29.5. The number of hydrogen-bond acceptors (Lipinski definition) is 3. The fraction of sp³-hybridized carbons (Fsp3) is 0.529. The molecule has 2 amide bonds. The number of carbonyl (C=O) groups excluding carboxylic acids is 2. The molecule has 0 bridgehead atoms. The molecule has 0 aromatic heterocycles. The quantitative estimate of drug-likeness (QED) is 0.220. The molecule has 2 aliphatic heterocycles. The van der Waals surface area contributed by atoms with E-state index in [-0.39, 0.29) is 11.8 Å². The van der Waals surface area contributed by atoms with Crippen molar-refractivity contribution in [3.8, 4) is 0 Å². The van der Waals surface area contributed by atoms with Gasteiger partial charge in [-0.2, -0.15) is 0 Å². The van der Waals surface area contributed by atoms with Crippen molar-refractivity contribution in [1.82, 2.24) is 14.7 Å². The van der Waals surface area contributed by atoms with Crippen molar-refractivity contribution in [2.75, 3.05) is 39.8 Å². The Balaban J connectivity index is 0.000000280. The molecule has 0 saturated carbocycles. The zero-order valence-corrected chi connectivity index (χ0v) is 26.7. The molecule has 1 aromatic carbocycles. The van der Waals surface area contributed by atoms with Crippen molar-refractivity contribution in [3.63, 3.8) is 0 Å². The Morgan fingerprint density at radius 3 is 2.40 bits per heavy atom. The van der Waals surface area contributed by atoms with Gasteiger partial charge in [0.1, 0.15) is 0 Å². The number of nitrogens with zero attached hydrogens (tertiary/aromatic N) is 3. The normalized spacial score (nSPS) is 19.5. The fourth-order valence-corrected chi connectivity index (χ4v) is 5.58. The lowest BCUT2D eigenvalue weighted by atomic mass is 9.97. The lowest BCUT2D eigenvalue weighted by Crippen LogP contribution is -2.34. The van der Waals surface area contributed by atoms with Crippen LogP contribution >= 0.6 is 15.9 Å². The molecule has 0 spiro atoms. The number of carbonyl (C=O) groups is 2. The molecule has 0 aliphatic carbocycles. The van der Waals surface area contributed by atoms with Crippen LogP contribution in [0.2, 0.25) is 0 Å². The molecule has 3 rings (SSSR count). The van der Waals surface area contributed by atoms with E-state index in [0.717, 1.165) is 75.8 Å². The van der Waals surface area contributed by atoms with Crippen LogP contribution in [0.1, 0.15) is 58.4 Å². The monoisotopic (exact) mass is 611 g/mol. The SMILES string of the molecule is C=C/C=C\C=C(/C=C)C1CCN(C(=O)C(CC)CC)C1.CCN(C)CCC1CCN(Cc2ccc(Br)cc2)C1=O. The van der Waals surface area contributed by atoms with E-state index in [4.69, 9.17) is 0 Å². The second-order valence-corrected chi connectivity index (χ2v) is 11.7. The highest BCUT2D eigenvalue weighted by Crippen LogP contribution is 2.27. The van der Waals surface area contributed by atoms with Crippen LogP contribution in [-0.4, -0.2) is 66.3 Å². The average molecular weight is 613 g/mol. The van der Waals surface area contributed by atoms with E-state index >= 15 is 0 Å². The van der Waals surface area contributed by atoms with E-state index in [2.05, 4.69) is 80.0 Å². The Morgan fingerprint density at radius 2 is 1.80 bits per heavy atom. The van der Waals surface area contributed by atoms with Gasteiger partial charge in [0.2, 0.25) is 11.8 Å². The maximum Gasteiger partial charge on any atom is 0.226 e. The lowest BCUT2D eigenvalue weighted by Gasteiger charge is -2.22. The fourth-order valence-electron chi connectivity index (χ4n) is 5.32. The standard InChI is InChI=1S/C18H27NO.C16H23BrN2O/c1-5-9-10-11-16(8-4)17-12-13-19(14-17)18(20)15(6-2)7-3;1-3-18(2)10-8-14-9-11-19(16(14)20)12-13-4-6-15(17)7-5-13/h5,8-11,15,17H,1,4,6-7,12-14H2,2-3H3;4-7,14H,3,8-12H2,1-2H3/b10-9-,16-11+;. The van der Waals surface area contributed by atoms with Crippen molar-refractivity contribution < 1.29 is 9.59 Å². The Morgan fingerprint density at radius 1 is 1.10 bits per heavy atom. The number of likely N-dealkylation sites (tertiary alicyclic amines) is 2. The van der Waals surface area contributed by atoms with Gasteiger partial charge in [0.05, 0.1) is 0 Å². The van der Waals surface area contributed by atoms with Gasteiger partial charge in [-0.3, -0.25) is 9.59 Å². The van der Waals surface area contributed by atoms with Gasteiger partial charge in [-0.1, -0.05) is 92.4 Å². The van der Waals surface area contributed by atoms with E-state index in [1.807, 2.05) is 40.2 Å². The minimum absolute atomic E-state index is 0.186. The first-order valence-electron chi connectivity index (χ1n) is 14.9. The summed E-state index contributed by atoms with van der Waals surface area (Å²) in [5.41, 5.74) is 2.41. The first-order valence-corrected chi connectivity index (χ1v) is 15.7. The van der Waals surface area contributed by atoms with Crippen molar-refractivity contribution in [2.45, 2.75) is 59.4 Å². The molecule has 2 fully saturated rings. The summed E-state index contributed by atoms with van der Waals surface area (Å²) in [5, 5.41) is 0. The molecule has 0 radical (unpaired) electrons. The zero-order valence-electron chi connectivity index (χ0n) is 25.2.